The van der Waals surface area contributed by atoms with Crippen LogP contribution in [-0.4, -0.2) is 48.1 Å². The molecule has 3 aliphatic heterocycles. The van der Waals surface area contributed by atoms with Crippen molar-refractivity contribution in [1.82, 2.24) is 0 Å². The predicted octanol–water partition coefficient (Wildman–Crippen LogP) is -1.40. The van der Waals surface area contributed by atoms with Crippen molar-refractivity contribution >= 4 is 11.9 Å². The van der Waals surface area contributed by atoms with Gasteiger partial charge in [0.1, 0.15) is 12.7 Å². The molecule has 3 aliphatic rings. The maximum Gasteiger partial charge on any atom is 0.332 e. The van der Waals surface area contributed by atoms with Gasteiger partial charge in [-0.25, -0.2) is 4.79 Å². The zero-order valence-electron chi connectivity index (χ0n) is 7.79. The molecule has 0 aliphatic carbocycles. The molecule has 6 heteroatoms. The third-order valence-electron chi connectivity index (χ3n) is 3.18. The van der Waals surface area contributed by atoms with Crippen molar-refractivity contribution in [2.75, 3.05) is 6.61 Å². The van der Waals surface area contributed by atoms with Crippen LogP contribution in [0.5, 0.6) is 0 Å². The standard InChI is InChI=1S/C9H10O6/c10-2-5(11)14-7-4-1-3-6(13-4)8(7)15-9(3)12/h3-4,6-8,10H,1-2H2. The fourth-order valence-electron chi connectivity index (χ4n) is 2.57. The molecule has 0 aromatic rings. The summed E-state index contributed by atoms with van der Waals surface area (Å²) in [6, 6.07) is 0. The Labute approximate surface area is 85.1 Å². The highest BCUT2D eigenvalue weighted by Crippen LogP contribution is 2.47. The number of rotatable bonds is 2. The first kappa shape index (κ1) is 9.11. The Balaban J connectivity index is 1.78. The van der Waals surface area contributed by atoms with E-state index in [9.17, 15) is 9.59 Å². The van der Waals surface area contributed by atoms with Crippen molar-refractivity contribution in [3.05, 3.63) is 0 Å². The highest BCUT2D eigenvalue weighted by molar-refractivity contribution is 5.77. The summed E-state index contributed by atoms with van der Waals surface area (Å²) in [4.78, 5) is 22.2. The van der Waals surface area contributed by atoms with Crippen molar-refractivity contribution in [3.8, 4) is 0 Å². The van der Waals surface area contributed by atoms with Crippen molar-refractivity contribution in [2.45, 2.75) is 30.8 Å². The van der Waals surface area contributed by atoms with Crippen LogP contribution in [0.2, 0.25) is 0 Å². The monoisotopic (exact) mass is 214 g/mol. The molecule has 0 aromatic heterocycles. The number of carbonyl (C=O) groups is 2. The highest BCUT2D eigenvalue weighted by Gasteiger charge is 2.65. The summed E-state index contributed by atoms with van der Waals surface area (Å²) in [6.07, 6.45) is -0.997. The summed E-state index contributed by atoms with van der Waals surface area (Å²) in [5, 5.41) is 8.56. The van der Waals surface area contributed by atoms with Gasteiger partial charge in [0.25, 0.3) is 0 Å². The average Bonchev–Trinajstić information content (AvgIpc) is 2.81. The Hall–Kier alpha value is -1.14. The maximum absolute atomic E-state index is 11.3. The third-order valence-corrected chi connectivity index (χ3v) is 3.18. The van der Waals surface area contributed by atoms with Gasteiger partial charge in [0.2, 0.25) is 0 Å². The van der Waals surface area contributed by atoms with E-state index in [4.69, 9.17) is 19.3 Å². The first-order valence-electron chi connectivity index (χ1n) is 4.87. The topological polar surface area (TPSA) is 82.1 Å². The van der Waals surface area contributed by atoms with Gasteiger partial charge in [0.05, 0.1) is 12.0 Å². The van der Waals surface area contributed by atoms with Crippen LogP contribution >= 0.6 is 0 Å². The highest BCUT2D eigenvalue weighted by atomic mass is 16.7. The Kier molecular flexibility index (Phi) is 1.78. The number of hydrogen-bond acceptors (Lipinski definition) is 6. The molecule has 0 saturated carbocycles. The van der Waals surface area contributed by atoms with Crippen LogP contribution in [0.3, 0.4) is 0 Å². The van der Waals surface area contributed by atoms with E-state index in [1.807, 2.05) is 0 Å². The fourth-order valence-corrected chi connectivity index (χ4v) is 2.57. The molecular formula is C9H10O6. The van der Waals surface area contributed by atoms with Gasteiger partial charge < -0.3 is 19.3 Å². The summed E-state index contributed by atoms with van der Waals surface area (Å²) < 4.78 is 15.5. The van der Waals surface area contributed by atoms with Crippen molar-refractivity contribution < 1.29 is 28.9 Å². The molecule has 3 saturated heterocycles. The quantitative estimate of drug-likeness (QED) is 0.569. The molecule has 3 heterocycles. The van der Waals surface area contributed by atoms with Gasteiger partial charge in [0.15, 0.2) is 12.2 Å². The number of ether oxygens (including phenoxy) is 3. The summed E-state index contributed by atoms with van der Waals surface area (Å²) in [5.74, 6) is -1.17. The first-order chi connectivity index (χ1) is 7.20. The smallest absolute Gasteiger partial charge is 0.332 e. The van der Waals surface area contributed by atoms with Crippen LogP contribution in [0.25, 0.3) is 0 Å². The van der Waals surface area contributed by atoms with E-state index >= 15 is 0 Å². The van der Waals surface area contributed by atoms with Gasteiger partial charge >= 0.3 is 11.9 Å². The minimum atomic E-state index is -0.712. The van der Waals surface area contributed by atoms with Crippen LogP contribution in [0.1, 0.15) is 6.42 Å². The molecule has 2 bridgehead atoms. The maximum atomic E-state index is 11.3. The van der Waals surface area contributed by atoms with E-state index in [0.717, 1.165) is 0 Å². The van der Waals surface area contributed by atoms with Crippen LogP contribution in [0, 0.1) is 5.92 Å². The Morgan fingerprint density at radius 2 is 2.33 bits per heavy atom. The number of hydrogen-bond donors (Lipinski definition) is 1. The largest absolute Gasteiger partial charge is 0.455 e. The molecule has 6 nitrogen and oxygen atoms in total. The van der Waals surface area contributed by atoms with E-state index < -0.39 is 24.8 Å². The van der Waals surface area contributed by atoms with Gasteiger partial charge in [-0.15, -0.1) is 0 Å². The molecular weight excluding hydrogens is 204 g/mol. The van der Waals surface area contributed by atoms with E-state index in [2.05, 4.69) is 0 Å². The normalized spacial score (nSPS) is 45.7. The molecule has 82 valence electrons. The molecule has 3 rings (SSSR count). The summed E-state index contributed by atoms with van der Waals surface area (Å²) in [6.45, 7) is -0.669. The lowest BCUT2D eigenvalue weighted by atomic mass is 9.88. The number of aliphatic hydroxyl groups excluding tert-OH is 1. The molecule has 5 unspecified atom stereocenters. The summed E-state index contributed by atoms with van der Waals surface area (Å²) in [7, 11) is 0. The second kappa shape index (κ2) is 2.93. The SMILES string of the molecule is O=C(CO)OC1C2CC3C(=O)OC1C3O2. The number of carbonyl (C=O) groups excluding carboxylic acids is 2. The second-order valence-electron chi connectivity index (χ2n) is 4.00. The van der Waals surface area contributed by atoms with E-state index in [1.54, 1.807) is 0 Å². The van der Waals surface area contributed by atoms with Crippen LogP contribution in [-0.2, 0) is 23.8 Å². The minimum absolute atomic E-state index is 0.191. The third kappa shape index (κ3) is 1.12. The summed E-state index contributed by atoms with van der Waals surface area (Å²) >= 11 is 0. The number of esters is 2. The van der Waals surface area contributed by atoms with Crippen molar-refractivity contribution in [1.29, 1.82) is 0 Å². The molecule has 0 spiro atoms. The van der Waals surface area contributed by atoms with Gasteiger partial charge in [-0.2, -0.15) is 0 Å². The van der Waals surface area contributed by atoms with E-state index in [-0.39, 0.29) is 24.1 Å². The zero-order chi connectivity index (χ0) is 10.6. The molecule has 3 fully saturated rings. The van der Waals surface area contributed by atoms with E-state index in [1.165, 1.54) is 0 Å². The molecule has 0 amide bonds. The Morgan fingerprint density at radius 3 is 3.07 bits per heavy atom. The molecule has 1 N–H and O–H groups in total. The van der Waals surface area contributed by atoms with Gasteiger partial charge in [-0.3, -0.25) is 4.79 Å². The minimum Gasteiger partial charge on any atom is -0.455 e. The molecule has 5 atom stereocenters. The van der Waals surface area contributed by atoms with Crippen LogP contribution in [0.4, 0.5) is 0 Å². The first-order valence-corrected chi connectivity index (χ1v) is 4.87. The predicted molar refractivity (Wildman–Crippen MR) is 43.6 cm³/mol. The van der Waals surface area contributed by atoms with Crippen LogP contribution in [0.15, 0.2) is 0 Å². The summed E-state index contributed by atoms with van der Waals surface area (Å²) in [5.41, 5.74) is 0. The van der Waals surface area contributed by atoms with Crippen molar-refractivity contribution in [2.24, 2.45) is 5.92 Å². The lowest BCUT2D eigenvalue weighted by molar-refractivity contribution is -0.162. The van der Waals surface area contributed by atoms with Crippen LogP contribution < -0.4 is 0 Å². The molecule has 15 heavy (non-hydrogen) atoms. The number of fused-ring (bicyclic) bond motifs is 1. The van der Waals surface area contributed by atoms with Crippen molar-refractivity contribution in [3.63, 3.8) is 0 Å². The fraction of sp³-hybridized carbons (Fsp3) is 0.778. The Morgan fingerprint density at radius 1 is 1.53 bits per heavy atom. The van der Waals surface area contributed by atoms with Gasteiger partial charge in [-0.05, 0) is 6.42 Å². The van der Waals surface area contributed by atoms with Gasteiger partial charge in [0, 0.05) is 0 Å². The molecule has 0 radical (unpaired) electrons. The second-order valence-corrected chi connectivity index (χ2v) is 4.00. The lowest BCUT2D eigenvalue weighted by Gasteiger charge is -2.21. The molecule has 0 aromatic carbocycles. The zero-order valence-corrected chi connectivity index (χ0v) is 7.79. The van der Waals surface area contributed by atoms with E-state index in [0.29, 0.717) is 6.42 Å². The lowest BCUT2D eigenvalue weighted by Crippen LogP contribution is -2.40. The average molecular weight is 214 g/mol. The number of aliphatic hydroxyl groups is 1. The Bertz CT molecular complexity index is 327. The van der Waals surface area contributed by atoms with Gasteiger partial charge in [-0.1, -0.05) is 0 Å².